The highest BCUT2D eigenvalue weighted by Gasteiger charge is 2.21. The first-order valence-electron chi connectivity index (χ1n) is 5.39. The molecule has 16 heavy (non-hydrogen) atoms. The Bertz CT molecular complexity index is 375. The molecule has 0 saturated carbocycles. The van der Waals surface area contributed by atoms with Gasteiger partial charge in [0.1, 0.15) is 5.82 Å². The number of imidazole rings is 1. The van der Waals surface area contributed by atoms with Gasteiger partial charge < -0.3 is 15.6 Å². The SMILES string of the molecule is CNC(CN1CCn2ccnc2C1)C(N)=O. The van der Waals surface area contributed by atoms with E-state index in [9.17, 15) is 4.79 Å². The quantitative estimate of drug-likeness (QED) is 0.670. The number of carbonyl (C=O) groups is 1. The summed E-state index contributed by atoms with van der Waals surface area (Å²) in [4.78, 5) is 17.6. The lowest BCUT2D eigenvalue weighted by molar-refractivity contribution is -0.120. The number of aromatic nitrogens is 2. The first-order chi connectivity index (χ1) is 7.70. The molecule has 1 unspecified atom stereocenters. The second kappa shape index (κ2) is 4.63. The molecule has 1 aliphatic heterocycles. The van der Waals surface area contributed by atoms with Crippen molar-refractivity contribution in [3.05, 3.63) is 18.2 Å². The number of rotatable bonds is 4. The molecule has 1 aromatic heterocycles. The predicted octanol–water partition coefficient (Wildman–Crippen LogP) is -1.23. The van der Waals surface area contributed by atoms with Gasteiger partial charge in [-0.3, -0.25) is 9.69 Å². The second-order valence-corrected chi connectivity index (χ2v) is 4.02. The van der Waals surface area contributed by atoms with Crippen LogP contribution in [0.4, 0.5) is 0 Å². The molecule has 6 heteroatoms. The number of nitrogens with two attached hydrogens (primary N) is 1. The molecule has 1 aromatic rings. The summed E-state index contributed by atoms with van der Waals surface area (Å²) >= 11 is 0. The van der Waals surface area contributed by atoms with Crippen molar-refractivity contribution in [1.82, 2.24) is 19.8 Å². The Kier molecular flexibility index (Phi) is 3.21. The highest BCUT2D eigenvalue weighted by atomic mass is 16.1. The van der Waals surface area contributed by atoms with Crippen molar-refractivity contribution in [2.45, 2.75) is 19.1 Å². The zero-order chi connectivity index (χ0) is 11.5. The molecule has 3 N–H and O–H groups in total. The maximum Gasteiger partial charge on any atom is 0.235 e. The number of carbonyl (C=O) groups excluding carboxylic acids is 1. The fourth-order valence-electron chi connectivity index (χ4n) is 1.96. The van der Waals surface area contributed by atoms with Crippen molar-refractivity contribution < 1.29 is 4.79 Å². The van der Waals surface area contributed by atoms with E-state index in [0.29, 0.717) is 6.54 Å². The molecule has 0 fully saturated rings. The number of nitrogens with zero attached hydrogens (tertiary/aromatic N) is 3. The lowest BCUT2D eigenvalue weighted by Crippen LogP contribution is -2.49. The summed E-state index contributed by atoms with van der Waals surface area (Å²) < 4.78 is 2.13. The number of primary amides is 1. The van der Waals surface area contributed by atoms with E-state index in [1.54, 1.807) is 7.05 Å². The van der Waals surface area contributed by atoms with Crippen molar-refractivity contribution in [2.75, 3.05) is 20.1 Å². The van der Waals surface area contributed by atoms with Gasteiger partial charge in [-0.15, -0.1) is 0 Å². The van der Waals surface area contributed by atoms with Gasteiger partial charge in [-0.25, -0.2) is 4.98 Å². The first-order valence-corrected chi connectivity index (χ1v) is 5.39. The molecule has 0 saturated heterocycles. The molecule has 0 spiro atoms. The van der Waals surface area contributed by atoms with Crippen LogP contribution >= 0.6 is 0 Å². The smallest absolute Gasteiger partial charge is 0.235 e. The standard InChI is InChI=1S/C10H17N5O/c1-12-8(10(11)16)6-14-4-5-15-3-2-13-9(15)7-14/h2-3,8,12H,4-7H2,1H3,(H2,11,16). The predicted molar refractivity (Wildman–Crippen MR) is 59.5 cm³/mol. The number of hydrogen-bond donors (Lipinski definition) is 2. The van der Waals surface area contributed by atoms with Crippen LogP contribution < -0.4 is 11.1 Å². The molecule has 0 aromatic carbocycles. The number of fused-ring (bicyclic) bond motifs is 1. The van der Waals surface area contributed by atoms with Crippen molar-refractivity contribution in [3.63, 3.8) is 0 Å². The Hall–Kier alpha value is -1.40. The van der Waals surface area contributed by atoms with Crippen molar-refractivity contribution in [1.29, 1.82) is 0 Å². The number of nitrogens with one attached hydrogen (secondary N) is 1. The molecule has 1 atom stereocenters. The fraction of sp³-hybridized carbons (Fsp3) is 0.600. The van der Waals surface area contributed by atoms with Crippen molar-refractivity contribution in [2.24, 2.45) is 5.73 Å². The number of hydrogen-bond acceptors (Lipinski definition) is 4. The topological polar surface area (TPSA) is 76.2 Å². The van der Waals surface area contributed by atoms with Crippen LogP contribution in [0.25, 0.3) is 0 Å². The zero-order valence-corrected chi connectivity index (χ0v) is 9.39. The average molecular weight is 223 g/mol. The normalized spacial score (nSPS) is 18.1. The molecule has 6 nitrogen and oxygen atoms in total. The van der Waals surface area contributed by atoms with Crippen LogP contribution in [-0.2, 0) is 17.9 Å². The molecule has 1 aliphatic rings. The lowest BCUT2D eigenvalue weighted by Gasteiger charge is -2.29. The average Bonchev–Trinajstić information content (AvgIpc) is 2.72. The van der Waals surface area contributed by atoms with Gasteiger partial charge >= 0.3 is 0 Å². The van der Waals surface area contributed by atoms with E-state index in [1.807, 2.05) is 12.4 Å². The summed E-state index contributed by atoms with van der Waals surface area (Å²) in [5.74, 6) is 0.738. The van der Waals surface area contributed by atoms with E-state index in [2.05, 4.69) is 19.8 Å². The molecular formula is C10H17N5O. The van der Waals surface area contributed by atoms with Crippen LogP contribution in [0.1, 0.15) is 5.82 Å². The number of likely N-dealkylation sites (N-methyl/N-ethyl adjacent to an activating group) is 1. The summed E-state index contributed by atoms with van der Waals surface area (Å²) in [6.45, 7) is 3.26. The number of amides is 1. The Morgan fingerprint density at radius 2 is 2.50 bits per heavy atom. The highest BCUT2D eigenvalue weighted by molar-refractivity contribution is 5.80. The third-order valence-corrected chi connectivity index (χ3v) is 2.96. The molecule has 2 heterocycles. The van der Waals surface area contributed by atoms with Crippen molar-refractivity contribution in [3.8, 4) is 0 Å². The summed E-state index contributed by atoms with van der Waals surface area (Å²) in [5, 5.41) is 2.92. The largest absolute Gasteiger partial charge is 0.368 e. The Morgan fingerprint density at radius 1 is 1.69 bits per heavy atom. The zero-order valence-electron chi connectivity index (χ0n) is 9.39. The minimum atomic E-state index is -0.309. The fourth-order valence-corrected chi connectivity index (χ4v) is 1.96. The molecule has 2 rings (SSSR count). The molecule has 0 radical (unpaired) electrons. The minimum absolute atomic E-state index is 0.290. The second-order valence-electron chi connectivity index (χ2n) is 4.02. The summed E-state index contributed by atoms with van der Waals surface area (Å²) in [7, 11) is 1.75. The Balaban J connectivity index is 1.96. The molecule has 1 amide bonds. The maximum atomic E-state index is 11.1. The molecule has 0 aliphatic carbocycles. The molecule has 0 bridgehead atoms. The van der Waals surface area contributed by atoms with Gasteiger partial charge in [0.2, 0.25) is 5.91 Å². The monoisotopic (exact) mass is 223 g/mol. The Morgan fingerprint density at radius 3 is 3.19 bits per heavy atom. The van der Waals surface area contributed by atoms with Gasteiger partial charge in [0.25, 0.3) is 0 Å². The van der Waals surface area contributed by atoms with Crippen LogP contribution in [0, 0.1) is 0 Å². The van der Waals surface area contributed by atoms with E-state index in [0.717, 1.165) is 25.5 Å². The summed E-state index contributed by atoms with van der Waals surface area (Å²) in [6, 6.07) is -0.290. The molecular weight excluding hydrogens is 206 g/mol. The Labute approximate surface area is 94.4 Å². The third-order valence-electron chi connectivity index (χ3n) is 2.96. The van der Waals surface area contributed by atoms with E-state index >= 15 is 0 Å². The summed E-state index contributed by atoms with van der Waals surface area (Å²) in [5.41, 5.74) is 5.29. The van der Waals surface area contributed by atoms with E-state index in [4.69, 9.17) is 5.73 Å². The maximum absolute atomic E-state index is 11.1. The third kappa shape index (κ3) is 2.23. The van der Waals surface area contributed by atoms with Crippen LogP contribution in [0.2, 0.25) is 0 Å². The van der Waals surface area contributed by atoms with E-state index < -0.39 is 0 Å². The van der Waals surface area contributed by atoms with Gasteiger partial charge in [-0.1, -0.05) is 0 Å². The van der Waals surface area contributed by atoms with Crippen LogP contribution in [0.5, 0.6) is 0 Å². The minimum Gasteiger partial charge on any atom is -0.368 e. The highest BCUT2D eigenvalue weighted by Crippen LogP contribution is 2.10. The summed E-state index contributed by atoms with van der Waals surface area (Å²) in [6.07, 6.45) is 3.79. The van der Waals surface area contributed by atoms with Gasteiger partial charge in [0.05, 0.1) is 12.6 Å². The van der Waals surface area contributed by atoms with Gasteiger partial charge in [0.15, 0.2) is 0 Å². The lowest BCUT2D eigenvalue weighted by atomic mass is 10.2. The van der Waals surface area contributed by atoms with E-state index in [1.165, 1.54) is 0 Å². The van der Waals surface area contributed by atoms with Gasteiger partial charge in [-0.05, 0) is 7.05 Å². The van der Waals surface area contributed by atoms with Gasteiger partial charge in [0, 0.05) is 32.0 Å². The molecule has 88 valence electrons. The van der Waals surface area contributed by atoms with E-state index in [-0.39, 0.29) is 11.9 Å². The van der Waals surface area contributed by atoms with Crippen LogP contribution in [0.3, 0.4) is 0 Å². The van der Waals surface area contributed by atoms with Crippen LogP contribution in [0.15, 0.2) is 12.4 Å². The van der Waals surface area contributed by atoms with Crippen LogP contribution in [-0.4, -0.2) is 46.5 Å². The van der Waals surface area contributed by atoms with Crippen molar-refractivity contribution >= 4 is 5.91 Å². The van der Waals surface area contributed by atoms with Gasteiger partial charge in [-0.2, -0.15) is 0 Å². The first kappa shape index (κ1) is 11.1.